The maximum absolute atomic E-state index is 12.7. The average molecular weight is 443 g/mol. The molecule has 2 atom stereocenters. The van der Waals surface area contributed by atoms with Crippen LogP contribution in [0.1, 0.15) is 48.7 Å². The Morgan fingerprint density at radius 1 is 1.10 bits per heavy atom. The van der Waals surface area contributed by atoms with E-state index in [4.69, 9.17) is 11.6 Å². The maximum Gasteiger partial charge on any atom is 0.344 e. The van der Waals surface area contributed by atoms with Crippen LogP contribution in [0.15, 0.2) is 54.6 Å². The summed E-state index contributed by atoms with van der Waals surface area (Å²) in [6.45, 7) is 3.36. The van der Waals surface area contributed by atoms with E-state index >= 15 is 0 Å². The zero-order chi connectivity index (χ0) is 22.6. The van der Waals surface area contributed by atoms with Crippen molar-refractivity contribution in [3.05, 3.63) is 70.7 Å². The summed E-state index contributed by atoms with van der Waals surface area (Å²) in [4.78, 5) is 50.1. The van der Waals surface area contributed by atoms with Crippen LogP contribution in [0.4, 0.5) is 4.79 Å². The number of hydrogen-bond donors (Lipinski definition) is 3. The van der Waals surface area contributed by atoms with Crippen molar-refractivity contribution in [3.63, 3.8) is 0 Å². The third-order valence-corrected chi connectivity index (χ3v) is 5.55. The number of hydrogen-bond acceptors (Lipinski definition) is 4. The fourth-order valence-electron chi connectivity index (χ4n) is 3.20. The Kier molecular flexibility index (Phi) is 6.60. The molecule has 1 heterocycles. The molecule has 0 unspecified atom stereocenters. The Hall–Kier alpha value is -3.39. The molecule has 0 spiro atoms. The van der Waals surface area contributed by atoms with Gasteiger partial charge in [0, 0.05) is 0 Å². The number of urea groups is 1. The van der Waals surface area contributed by atoms with Crippen LogP contribution in [-0.4, -0.2) is 34.3 Å². The summed E-state index contributed by atoms with van der Waals surface area (Å²) >= 11 is 6.11. The highest BCUT2D eigenvalue weighted by molar-refractivity contribution is 6.33. The van der Waals surface area contributed by atoms with E-state index in [1.54, 1.807) is 62.4 Å². The molecule has 3 N–H and O–H groups in total. The van der Waals surface area contributed by atoms with E-state index in [9.17, 15) is 19.2 Å². The second-order valence-corrected chi connectivity index (χ2v) is 7.82. The van der Waals surface area contributed by atoms with Crippen LogP contribution in [-0.2, 0) is 9.59 Å². The fraction of sp³-hybridized carbons (Fsp3) is 0.273. The molecule has 5 amide bonds. The van der Waals surface area contributed by atoms with E-state index in [1.807, 2.05) is 6.07 Å². The number of halogens is 1. The number of hydrazine groups is 1. The monoisotopic (exact) mass is 442 g/mol. The van der Waals surface area contributed by atoms with E-state index in [-0.39, 0.29) is 17.0 Å². The molecule has 162 valence electrons. The SMILES string of the molecule is CC[C@]1(C)NC(=O)N(NC(=O)C[C@@H](NC(=O)c2ccccc2Cl)c2ccccc2)C1=O. The molecule has 8 nitrogen and oxygen atoms in total. The van der Waals surface area contributed by atoms with Gasteiger partial charge in [-0.1, -0.05) is 61.0 Å². The minimum absolute atomic E-state index is 0.194. The molecule has 9 heteroatoms. The number of carbonyl (C=O) groups excluding carboxylic acids is 4. The van der Waals surface area contributed by atoms with Gasteiger partial charge < -0.3 is 10.6 Å². The van der Waals surface area contributed by atoms with Gasteiger partial charge in [-0.25, -0.2) is 4.79 Å². The highest BCUT2D eigenvalue weighted by atomic mass is 35.5. The molecule has 2 aromatic rings. The van der Waals surface area contributed by atoms with E-state index in [2.05, 4.69) is 16.1 Å². The number of carbonyl (C=O) groups is 4. The minimum atomic E-state index is -1.07. The quantitative estimate of drug-likeness (QED) is 0.573. The van der Waals surface area contributed by atoms with E-state index in [1.165, 1.54) is 0 Å². The number of benzene rings is 2. The van der Waals surface area contributed by atoms with Crippen molar-refractivity contribution in [2.24, 2.45) is 0 Å². The Morgan fingerprint density at radius 2 is 1.74 bits per heavy atom. The highest BCUT2D eigenvalue weighted by Gasteiger charge is 2.47. The summed E-state index contributed by atoms with van der Waals surface area (Å²) in [5.41, 5.74) is 2.24. The first-order chi connectivity index (χ1) is 14.7. The average Bonchev–Trinajstić information content (AvgIpc) is 2.97. The van der Waals surface area contributed by atoms with Crippen molar-refractivity contribution in [3.8, 4) is 0 Å². The lowest BCUT2D eigenvalue weighted by Gasteiger charge is -2.22. The lowest BCUT2D eigenvalue weighted by Crippen LogP contribution is -2.49. The standard InChI is InChI=1S/C22H23ClN4O4/c1-3-22(2)20(30)27(21(31)25-22)26-18(28)13-17(14-9-5-4-6-10-14)24-19(29)15-11-7-8-12-16(15)23/h4-12,17H,3,13H2,1-2H3,(H,24,29)(H,25,31)(H,26,28)/t17-,22+/m1/s1. The van der Waals surface area contributed by atoms with Crippen LogP contribution in [0.25, 0.3) is 0 Å². The van der Waals surface area contributed by atoms with Gasteiger partial charge >= 0.3 is 6.03 Å². The zero-order valence-electron chi connectivity index (χ0n) is 17.1. The van der Waals surface area contributed by atoms with Gasteiger partial charge in [0.2, 0.25) is 5.91 Å². The summed E-state index contributed by atoms with van der Waals surface area (Å²) < 4.78 is 0. The lowest BCUT2D eigenvalue weighted by atomic mass is 10.00. The van der Waals surface area contributed by atoms with Crippen LogP contribution < -0.4 is 16.1 Å². The molecule has 31 heavy (non-hydrogen) atoms. The lowest BCUT2D eigenvalue weighted by molar-refractivity contribution is -0.139. The first-order valence-electron chi connectivity index (χ1n) is 9.81. The van der Waals surface area contributed by atoms with E-state index < -0.39 is 35.3 Å². The minimum Gasteiger partial charge on any atom is -0.345 e. The highest BCUT2D eigenvalue weighted by Crippen LogP contribution is 2.22. The molecule has 0 radical (unpaired) electrons. The molecule has 2 aromatic carbocycles. The molecule has 3 rings (SSSR count). The van der Waals surface area contributed by atoms with Crippen LogP contribution in [0.2, 0.25) is 5.02 Å². The first-order valence-corrected chi connectivity index (χ1v) is 10.2. The molecular weight excluding hydrogens is 420 g/mol. The number of nitrogens with zero attached hydrogens (tertiary/aromatic N) is 1. The molecule has 0 aliphatic carbocycles. The van der Waals surface area contributed by atoms with Crippen LogP contribution >= 0.6 is 11.6 Å². The Morgan fingerprint density at radius 3 is 2.35 bits per heavy atom. The van der Waals surface area contributed by atoms with E-state index in [0.717, 1.165) is 0 Å². The van der Waals surface area contributed by atoms with Gasteiger partial charge in [0.25, 0.3) is 11.8 Å². The summed E-state index contributed by atoms with van der Waals surface area (Å²) in [6.07, 6.45) is 0.185. The molecule has 1 aliphatic rings. The second kappa shape index (κ2) is 9.18. The smallest absolute Gasteiger partial charge is 0.344 e. The van der Waals surface area contributed by atoms with Crippen molar-refractivity contribution in [2.45, 2.75) is 38.3 Å². The Bertz CT molecular complexity index is 1010. The molecule has 1 aliphatic heterocycles. The molecule has 0 bridgehead atoms. The van der Waals surface area contributed by atoms with Gasteiger partial charge in [-0.3, -0.25) is 19.8 Å². The second-order valence-electron chi connectivity index (χ2n) is 7.41. The van der Waals surface area contributed by atoms with Crippen LogP contribution in [0, 0.1) is 0 Å². The van der Waals surface area contributed by atoms with Crippen LogP contribution in [0.3, 0.4) is 0 Å². The van der Waals surface area contributed by atoms with Gasteiger partial charge in [0.15, 0.2) is 0 Å². The van der Waals surface area contributed by atoms with Gasteiger partial charge in [-0.05, 0) is 31.0 Å². The maximum atomic E-state index is 12.7. The topological polar surface area (TPSA) is 108 Å². The number of amides is 5. The summed E-state index contributed by atoms with van der Waals surface area (Å²) in [5, 5.41) is 6.35. The predicted molar refractivity (Wildman–Crippen MR) is 115 cm³/mol. The Labute approximate surface area is 184 Å². The fourth-order valence-corrected chi connectivity index (χ4v) is 3.42. The van der Waals surface area contributed by atoms with Gasteiger partial charge in [-0.15, -0.1) is 0 Å². The number of nitrogens with one attached hydrogen (secondary N) is 3. The van der Waals surface area contributed by atoms with E-state index in [0.29, 0.717) is 17.0 Å². The third-order valence-electron chi connectivity index (χ3n) is 5.22. The number of rotatable bonds is 7. The predicted octanol–water partition coefficient (Wildman–Crippen LogP) is 2.95. The summed E-state index contributed by atoms with van der Waals surface area (Å²) in [7, 11) is 0. The van der Waals surface area contributed by atoms with Crippen molar-refractivity contribution in [1.29, 1.82) is 0 Å². The first kappa shape index (κ1) is 22.3. The molecular formula is C22H23ClN4O4. The molecule has 1 fully saturated rings. The molecule has 1 saturated heterocycles. The summed E-state index contributed by atoms with van der Waals surface area (Å²) in [5.74, 6) is -1.58. The van der Waals surface area contributed by atoms with Crippen molar-refractivity contribution in [2.75, 3.05) is 0 Å². The molecule has 0 aromatic heterocycles. The zero-order valence-corrected chi connectivity index (χ0v) is 17.9. The Balaban J connectivity index is 1.76. The normalized spacial score (nSPS) is 19.0. The summed E-state index contributed by atoms with van der Waals surface area (Å²) in [6, 6.07) is 14.1. The van der Waals surface area contributed by atoms with Gasteiger partial charge in [-0.2, -0.15) is 5.01 Å². The van der Waals surface area contributed by atoms with Gasteiger partial charge in [0.05, 0.1) is 23.0 Å². The van der Waals surface area contributed by atoms with Crippen molar-refractivity contribution < 1.29 is 19.2 Å². The molecule has 0 saturated carbocycles. The third kappa shape index (κ3) is 4.86. The van der Waals surface area contributed by atoms with Crippen molar-refractivity contribution >= 4 is 35.4 Å². The largest absolute Gasteiger partial charge is 0.345 e. The van der Waals surface area contributed by atoms with Crippen molar-refractivity contribution in [1.82, 2.24) is 21.1 Å². The van der Waals surface area contributed by atoms with Crippen LogP contribution in [0.5, 0.6) is 0 Å². The number of imide groups is 1. The van der Waals surface area contributed by atoms with Gasteiger partial charge in [0.1, 0.15) is 5.54 Å².